The van der Waals surface area contributed by atoms with Crippen LogP contribution in [0.1, 0.15) is 15.9 Å². The first-order chi connectivity index (χ1) is 9.18. The third kappa shape index (κ3) is 1.18. The average molecular weight is 247 g/mol. The summed E-state index contributed by atoms with van der Waals surface area (Å²) in [5.74, 6) is 0.0938. The molecule has 0 radical (unpaired) electrons. The summed E-state index contributed by atoms with van der Waals surface area (Å²) in [6, 6.07) is 14.4. The minimum absolute atomic E-state index is 0.0938. The number of carbonyl (C=O) groups is 1. The lowest BCUT2D eigenvalue weighted by Crippen LogP contribution is -2.20. The Balaban J connectivity index is 2.36. The van der Waals surface area contributed by atoms with Gasteiger partial charge in [-0.1, -0.05) is 30.3 Å². The summed E-state index contributed by atoms with van der Waals surface area (Å²) < 4.78 is 0. The molecule has 0 fully saturated rings. The number of aryl methyl sites for hydroxylation is 1. The van der Waals surface area contributed by atoms with Crippen LogP contribution in [0.5, 0.6) is 0 Å². The van der Waals surface area contributed by atoms with E-state index in [0.717, 1.165) is 22.0 Å². The second-order valence-corrected chi connectivity index (χ2v) is 5.16. The molecule has 0 saturated carbocycles. The Bertz CT molecular complexity index is 864. The fourth-order valence-electron chi connectivity index (χ4n) is 3.13. The Morgan fingerprint density at radius 1 is 1.00 bits per heavy atom. The topological polar surface area (TPSA) is 20.3 Å². The Labute approximate surface area is 111 Å². The third-order valence-corrected chi connectivity index (χ3v) is 4.09. The number of nitrogens with zero attached hydrogens (tertiary/aromatic N) is 1. The molecular weight excluding hydrogens is 234 g/mol. The van der Waals surface area contributed by atoms with Gasteiger partial charge in [-0.2, -0.15) is 0 Å². The van der Waals surface area contributed by atoms with Gasteiger partial charge < -0.3 is 4.90 Å². The van der Waals surface area contributed by atoms with Crippen LogP contribution in [0.25, 0.3) is 21.5 Å². The third-order valence-electron chi connectivity index (χ3n) is 4.09. The lowest BCUT2D eigenvalue weighted by Gasteiger charge is -2.11. The van der Waals surface area contributed by atoms with E-state index in [1.807, 2.05) is 25.2 Å². The van der Waals surface area contributed by atoms with Crippen molar-refractivity contribution in [3.63, 3.8) is 0 Å². The van der Waals surface area contributed by atoms with Gasteiger partial charge in [-0.3, -0.25) is 4.79 Å². The molecule has 19 heavy (non-hydrogen) atoms. The minimum atomic E-state index is 0.0938. The summed E-state index contributed by atoms with van der Waals surface area (Å²) in [5.41, 5.74) is 3.07. The van der Waals surface area contributed by atoms with E-state index in [4.69, 9.17) is 0 Å². The number of rotatable bonds is 0. The minimum Gasteiger partial charge on any atom is -0.311 e. The van der Waals surface area contributed by atoms with Gasteiger partial charge in [0.25, 0.3) is 5.91 Å². The van der Waals surface area contributed by atoms with E-state index in [2.05, 4.69) is 31.2 Å². The molecule has 0 saturated heterocycles. The number of amides is 1. The molecule has 1 aliphatic heterocycles. The normalized spacial score (nSPS) is 13.8. The van der Waals surface area contributed by atoms with Crippen molar-refractivity contribution in [2.45, 2.75) is 6.92 Å². The summed E-state index contributed by atoms with van der Waals surface area (Å²) in [4.78, 5) is 14.1. The molecule has 0 bridgehead atoms. The van der Waals surface area contributed by atoms with Crippen LogP contribution >= 0.6 is 0 Å². The highest BCUT2D eigenvalue weighted by Crippen LogP contribution is 2.41. The molecule has 1 aliphatic rings. The molecule has 0 spiro atoms. The van der Waals surface area contributed by atoms with Crippen LogP contribution in [0.15, 0.2) is 42.5 Å². The smallest absolute Gasteiger partial charge is 0.258 e. The number of anilines is 1. The molecule has 1 amide bonds. The number of hydrogen-bond acceptors (Lipinski definition) is 1. The van der Waals surface area contributed by atoms with Crippen LogP contribution in [0, 0.1) is 6.92 Å². The summed E-state index contributed by atoms with van der Waals surface area (Å²) in [6.07, 6.45) is 0. The zero-order valence-corrected chi connectivity index (χ0v) is 10.9. The standard InChI is InChI=1S/C17H13NO/c1-10-7-8-14-16-13(17(19)18(14)2)9-11-5-3-4-6-12(11)15(10)16/h3-9H,1-2H3. The van der Waals surface area contributed by atoms with Gasteiger partial charge >= 0.3 is 0 Å². The molecule has 0 atom stereocenters. The summed E-state index contributed by atoms with van der Waals surface area (Å²) in [7, 11) is 1.84. The lowest BCUT2D eigenvalue weighted by molar-refractivity contribution is 0.0999. The molecule has 0 N–H and O–H groups in total. The van der Waals surface area contributed by atoms with E-state index < -0.39 is 0 Å². The molecule has 2 nitrogen and oxygen atoms in total. The van der Waals surface area contributed by atoms with E-state index in [0.29, 0.717) is 0 Å². The van der Waals surface area contributed by atoms with Crippen molar-refractivity contribution >= 4 is 33.1 Å². The van der Waals surface area contributed by atoms with E-state index in [1.165, 1.54) is 16.3 Å². The van der Waals surface area contributed by atoms with Crippen molar-refractivity contribution in [3.8, 4) is 0 Å². The van der Waals surface area contributed by atoms with Gasteiger partial charge in [-0.15, -0.1) is 0 Å². The van der Waals surface area contributed by atoms with Crippen LogP contribution < -0.4 is 4.90 Å². The van der Waals surface area contributed by atoms with E-state index in [9.17, 15) is 4.79 Å². The van der Waals surface area contributed by atoms with Gasteiger partial charge in [-0.25, -0.2) is 0 Å². The number of benzene rings is 3. The van der Waals surface area contributed by atoms with Crippen LogP contribution in [-0.2, 0) is 0 Å². The molecule has 2 heteroatoms. The largest absolute Gasteiger partial charge is 0.311 e. The Hall–Kier alpha value is -2.35. The first kappa shape index (κ1) is 10.6. The maximum Gasteiger partial charge on any atom is 0.258 e. The zero-order chi connectivity index (χ0) is 13.1. The highest BCUT2D eigenvalue weighted by molar-refractivity contribution is 6.30. The Morgan fingerprint density at radius 2 is 1.79 bits per heavy atom. The Morgan fingerprint density at radius 3 is 2.63 bits per heavy atom. The summed E-state index contributed by atoms with van der Waals surface area (Å²) in [6.45, 7) is 2.11. The highest BCUT2D eigenvalue weighted by Gasteiger charge is 2.28. The van der Waals surface area contributed by atoms with Crippen LogP contribution in [0.3, 0.4) is 0 Å². The van der Waals surface area contributed by atoms with Crippen LogP contribution in [-0.4, -0.2) is 13.0 Å². The fourth-order valence-corrected chi connectivity index (χ4v) is 3.13. The first-order valence-corrected chi connectivity index (χ1v) is 6.41. The molecule has 0 aliphatic carbocycles. The molecule has 3 aromatic rings. The summed E-state index contributed by atoms with van der Waals surface area (Å²) >= 11 is 0. The first-order valence-electron chi connectivity index (χ1n) is 6.41. The summed E-state index contributed by atoms with van der Waals surface area (Å²) in [5, 5.41) is 4.67. The molecule has 3 aromatic carbocycles. The molecule has 4 rings (SSSR count). The van der Waals surface area contributed by atoms with Crippen molar-refractivity contribution in [3.05, 3.63) is 53.6 Å². The molecule has 1 heterocycles. The lowest BCUT2D eigenvalue weighted by atomic mass is 9.95. The molecule has 92 valence electrons. The predicted octanol–water partition coefficient (Wildman–Crippen LogP) is 3.89. The van der Waals surface area contributed by atoms with Crippen molar-refractivity contribution in [1.82, 2.24) is 0 Å². The van der Waals surface area contributed by atoms with Crippen LogP contribution in [0.4, 0.5) is 5.69 Å². The van der Waals surface area contributed by atoms with Gasteiger partial charge in [0.15, 0.2) is 0 Å². The van der Waals surface area contributed by atoms with Gasteiger partial charge in [0.05, 0.1) is 11.3 Å². The van der Waals surface area contributed by atoms with Gasteiger partial charge in [-0.05, 0) is 40.8 Å². The van der Waals surface area contributed by atoms with Gasteiger partial charge in [0, 0.05) is 12.4 Å². The maximum absolute atomic E-state index is 12.4. The highest BCUT2D eigenvalue weighted by atomic mass is 16.2. The fraction of sp³-hybridized carbons (Fsp3) is 0.118. The van der Waals surface area contributed by atoms with Crippen molar-refractivity contribution in [2.24, 2.45) is 0 Å². The molecule has 0 unspecified atom stereocenters. The maximum atomic E-state index is 12.4. The van der Waals surface area contributed by atoms with E-state index in [1.54, 1.807) is 4.90 Å². The van der Waals surface area contributed by atoms with Gasteiger partial charge in [0.2, 0.25) is 0 Å². The number of carbonyl (C=O) groups excluding carboxylic acids is 1. The van der Waals surface area contributed by atoms with Crippen molar-refractivity contribution < 1.29 is 4.79 Å². The van der Waals surface area contributed by atoms with Crippen molar-refractivity contribution in [2.75, 3.05) is 11.9 Å². The second kappa shape index (κ2) is 3.35. The predicted molar refractivity (Wildman–Crippen MR) is 78.9 cm³/mol. The van der Waals surface area contributed by atoms with Gasteiger partial charge in [0.1, 0.15) is 0 Å². The van der Waals surface area contributed by atoms with E-state index in [-0.39, 0.29) is 5.91 Å². The monoisotopic (exact) mass is 247 g/mol. The quantitative estimate of drug-likeness (QED) is 0.552. The van der Waals surface area contributed by atoms with Crippen molar-refractivity contribution in [1.29, 1.82) is 0 Å². The second-order valence-electron chi connectivity index (χ2n) is 5.16. The molecular formula is C17H13NO. The van der Waals surface area contributed by atoms with E-state index >= 15 is 0 Å². The SMILES string of the molecule is Cc1ccc2c3c(cc4ccccc4c13)C(=O)N2C. The average Bonchev–Trinajstić information content (AvgIpc) is 2.67. The van der Waals surface area contributed by atoms with Crippen LogP contribution in [0.2, 0.25) is 0 Å². The zero-order valence-electron chi connectivity index (χ0n) is 10.9. The molecule has 0 aromatic heterocycles. The number of fused-ring (bicyclic) bond motifs is 2. The number of hydrogen-bond donors (Lipinski definition) is 0. The Kier molecular flexibility index (Phi) is 1.86.